The van der Waals surface area contributed by atoms with E-state index in [4.69, 9.17) is 0 Å². The minimum Gasteiger partial charge on any atom is -0.355 e. The van der Waals surface area contributed by atoms with Crippen molar-refractivity contribution in [2.75, 3.05) is 13.3 Å². The summed E-state index contributed by atoms with van der Waals surface area (Å²) >= 11 is 0. The second-order valence-electron chi connectivity index (χ2n) is 3.35. The lowest BCUT2D eigenvalue weighted by Crippen LogP contribution is -2.17. The first-order chi connectivity index (χ1) is 6.92. The molecule has 0 atom stereocenters. The highest BCUT2D eigenvalue weighted by molar-refractivity contribution is 7.89. The molecule has 1 aromatic carbocycles. The number of rotatable bonds is 3. The van der Waals surface area contributed by atoms with Crippen molar-refractivity contribution in [2.24, 2.45) is 0 Å². The first-order valence-electron chi connectivity index (χ1n) is 4.41. The highest BCUT2D eigenvalue weighted by Crippen LogP contribution is 2.07. The van der Waals surface area contributed by atoms with Gasteiger partial charge >= 0.3 is 0 Å². The van der Waals surface area contributed by atoms with Crippen LogP contribution in [0.3, 0.4) is 0 Å². The van der Waals surface area contributed by atoms with Gasteiger partial charge in [0.05, 0.1) is 5.75 Å². The van der Waals surface area contributed by atoms with Gasteiger partial charge in [0.25, 0.3) is 5.91 Å². The molecule has 0 aliphatic rings. The molecule has 0 aliphatic heterocycles. The molecule has 1 amide bonds. The summed E-state index contributed by atoms with van der Waals surface area (Å²) in [5.41, 5.74) is 1.21. The normalized spacial score (nSPS) is 11.1. The fourth-order valence-corrected chi connectivity index (χ4v) is 2.00. The number of carbonyl (C=O) groups is 1. The summed E-state index contributed by atoms with van der Waals surface area (Å²) in [5.74, 6) is -0.179. The molecule has 0 saturated carbocycles. The summed E-state index contributed by atoms with van der Waals surface area (Å²) in [5, 5.41) is 2.49. The molecular formula is C10H13NO3S. The van der Waals surface area contributed by atoms with Crippen LogP contribution in [0, 0.1) is 0 Å². The number of nitrogens with one attached hydrogen (secondary N) is 1. The first-order valence-corrected chi connectivity index (χ1v) is 6.47. The molecule has 0 aliphatic carbocycles. The summed E-state index contributed by atoms with van der Waals surface area (Å²) in [6, 6.07) is 6.51. The molecule has 82 valence electrons. The molecule has 0 unspecified atom stereocenters. The molecule has 0 fully saturated rings. The Kier molecular flexibility index (Phi) is 3.47. The number of carbonyl (C=O) groups excluding carboxylic acids is 1. The Balaban J connectivity index is 2.86. The largest absolute Gasteiger partial charge is 0.355 e. The van der Waals surface area contributed by atoms with Crippen LogP contribution in [0.25, 0.3) is 0 Å². The maximum absolute atomic E-state index is 11.2. The number of benzene rings is 1. The van der Waals surface area contributed by atoms with Crippen LogP contribution in [0.1, 0.15) is 15.9 Å². The summed E-state index contributed by atoms with van der Waals surface area (Å²) in [6.45, 7) is 0. The third kappa shape index (κ3) is 3.71. The Morgan fingerprint density at radius 1 is 1.27 bits per heavy atom. The van der Waals surface area contributed by atoms with E-state index >= 15 is 0 Å². The Morgan fingerprint density at radius 2 is 1.80 bits per heavy atom. The van der Waals surface area contributed by atoms with Gasteiger partial charge in [-0.1, -0.05) is 12.1 Å². The van der Waals surface area contributed by atoms with Gasteiger partial charge < -0.3 is 5.32 Å². The quantitative estimate of drug-likeness (QED) is 0.822. The van der Waals surface area contributed by atoms with Crippen LogP contribution in [0.15, 0.2) is 24.3 Å². The minimum atomic E-state index is -3.02. The standard InChI is InChI=1S/C10H13NO3S/c1-11-10(12)9-5-3-8(4-6-9)7-15(2,13)14/h3-6H,7H2,1-2H3,(H,11,12). The van der Waals surface area contributed by atoms with E-state index in [1.54, 1.807) is 31.3 Å². The van der Waals surface area contributed by atoms with Crippen LogP contribution >= 0.6 is 0 Å². The van der Waals surface area contributed by atoms with Crippen molar-refractivity contribution in [3.8, 4) is 0 Å². The van der Waals surface area contributed by atoms with Crippen molar-refractivity contribution in [2.45, 2.75) is 5.75 Å². The SMILES string of the molecule is CNC(=O)c1ccc(CS(C)(=O)=O)cc1. The minimum absolute atomic E-state index is 0.00102. The predicted octanol–water partition coefficient (Wildman–Crippen LogP) is 0.591. The molecule has 0 aromatic heterocycles. The Hall–Kier alpha value is -1.36. The Morgan fingerprint density at radius 3 is 2.20 bits per heavy atom. The van der Waals surface area contributed by atoms with Crippen molar-refractivity contribution in [3.63, 3.8) is 0 Å². The maximum Gasteiger partial charge on any atom is 0.251 e. The molecule has 4 nitrogen and oxygen atoms in total. The van der Waals surface area contributed by atoms with E-state index in [9.17, 15) is 13.2 Å². The van der Waals surface area contributed by atoms with Crippen LogP contribution in [0.4, 0.5) is 0 Å². The summed E-state index contributed by atoms with van der Waals surface area (Å²) in [7, 11) is -1.47. The van der Waals surface area contributed by atoms with Crippen molar-refractivity contribution >= 4 is 15.7 Å². The number of hydrogen-bond donors (Lipinski definition) is 1. The van der Waals surface area contributed by atoms with Gasteiger partial charge in [-0.2, -0.15) is 0 Å². The van der Waals surface area contributed by atoms with Gasteiger partial charge in [0, 0.05) is 18.9 Å². The van der Waals surface area contributed by atoms with Gasteiger partial charge in [-0.05, 0) is 17.7 Å². The monoisotopic (exact) mass is 227 g/mol. The average Bonchev–Trinajstić information content (AvgIpc) is 2.15. The van der Waals surface area contributed by atoms with Crippen LogP contribution < -0.4 is 5.32 Å². The highest BCUT2D eigenvalue weighted by atomic mass is 32.2. The predicted molar refractivity (Wildman–Crippen MR) is 58.4 cm³/mol. The highest BCUT2D eigenvalue weighted by Gasteiger charge is 2.06. The average molecular weight is 227 g/mol. The lowest BCUT2D eigenvalue weighted by Gasteiger charge is -2.02. The van der Waals surface area contributed by atoms with Crippen molar-refractivity contribution in [3.05, 3.63) is 35.4 Å². The van der Waals surface area contributed by atoms with E-state index in [1.807, 2.05) is 0 Å². The third-order valence-electron chi connectivity index (χ3n) is 1.87. The number of sulfone groups is 1. The Labute approximate surface area is 89.2 Å². The zero-order valence-corrected chi connectivity index (χ0v) is 9.47. The fraction of sp³-hybridized carbons (Fsp3) is 0.300. The van der Waals surface area contributed by atoms with Crippen molar-refractivity contribution < 1.29 is 13.2 Å². The lowest BCUT2D eigenvalue weighted by molar-refractivity contribution is 0.0963. The van der Waals surface area contributed by atoms with Gasteiger partial charge in [0.2, 0.25) is 0 Å². The van der Waals surface area contributed by atoms with Gasteiger partial charge in [-0.25, -0.2) is 8.42 Å². The summed E-state index contributed by atoms with van der Waals surface area (Å²) in [6.07, 6.45) is 1.18. The molecular weight excluding hydrogens is 214 g/mol. The van der Waals surface area contributed by atoms with Gasteiger partial charge in [0.15, 0.2) is 9.84 Å². The van der Waals surface area contributed by atoms with E-state index in [2.05, 4.69) is 5.32 Å². The first kappa shape index (κ1) is 11.7. The molecule has 1 rings (SSSR count). The zero-order valence-electron chi connectivity index (χ0n) is 8.65. The molecule has 1 N–H and O–H groups in total. The third-order valence-corrected chi connectivity index (χ3v) is 2.73. The second-order valence-corrected chi connectivity index (χ2v) is 5.49. The van der Waals surface area contributed by atoms with Crippen molar-refractivity contribution in [1.82, 2.24) is 5.32 Å². The summed E-state index contributed by atoms with van der Waals surface area (Å²) in [4.78, 5) is 11.2. The van der Waals surface area contributed by atoms with E-state index in [0.717, 1.165) is 0 Å². The van der Waals surface area contributed by atoms with Crippen LogP contribution in [0.2, 0.25) is 0 Å². The van der Waals surface area contributed by atoms with E-state index in [1.165, 1.54) is 6.26 Å². The number of hydrogen-bond acceptors (Lipinski definition) is 3. The molecule has 0 spiro atoms. The van der Waals surface area contributed by atoms with Crippen LogP contribution in [0.5, 0.6) is 0 Å². The molecule has 1 aromatic rings. The summed E-state index contributed by atoms with van der Waals surface area (Å²) < 4.78 is 22.0. The Bertz CT molecular complexity index is 448. The second kappa shape index (κ2) is 4.44. The van der Waals surface area contributed by atoms with Crippen LogP contribution in [-0.4, -0.2) is 27.6 Å². The van der Waals surface area contributed by atoms with Gasteiger partial charge in [0.1, 0.15) is 0 Å². The molecule has 15 heavy (non-hydrogen) atoms. The fourth-order valence-electron chi connectivity index (χ4n) is 1.20. The number of amides is 1. The van der Waals surface area contributed by atoms with E-state index in [0.29, 0.717) is 11.1 Å². The van der Waals surface area contributed by atoms with Gasteiger partial charge in [-0.15, -0.1) is 0 Å². The zero-order chi connectivity index (χ0) is 11.5. The lowest BCUT2D eigenvalue weighted by atomic mass is 10.1. The smallest absolute Gasteiger partial charge is 0.251 e. The van der Waals surface area contributed by atoms with Crippen LogP contribution in [-0.2, 0) is 15.6 Å². The maximum atomic E-state index is 11.2. The molecule has 0 heterocycles. The van der Waals surface area contributed by atoms with E-state index in [-0.39, 0.29) is 11.7 Å². The topological polar surface area (TPSA) is 63.2 Å². The van der Waals surface area contributed by atoms with E-state index < -0.39 is 9.84 Å². The molecule has 0 saturated heterocycles. The molecule has 0 bridgehead atoms. The molecule has 5 heteroatoms. The van der Waals surface area contributed by atoms with Gasteiger partial charge in [-0.3, -0.25) is 4.79 Å². The molecule has 0 radical (unpaired) electrons. The van der Waals surface area contributed by atoms with Crippen molar-refractivity contribution in [1.29, 1.82) is 0 Å².